The van der Waals surface area contributed by atoms with Gasteiger partial charge in [0, 0.05) is 0 Å². The lowest BCUT2D eigenvalue weighted by Gasteiger charge is -2.26. The maximum atomic E-state index is 12.5. The molecule has 1 aromatic rings. The SMILES string of the molecule is CCCOc1ccc(C(=O)OCC2=C(C(=O)OCC)[C@@H](C)NC(=O)N2)cc1OCC. The van der Waals surface area contributed by atoms with Crippen LogP contribution in [0.5, 0.6) is 11.5 Å². The standard InChI is InChI=1S/C21H28N2O7/c1-5-10-29-16-9-8-14(11-17(16)27-6-2)19(24)30-12-15-18(20(25)28-7-3)13(4)22-21(26)23-15/h8-9,11,13H,5-7,10,12H2,1-4H3,(H2,22,23,26)/t13-/m1/s1. The Labute approximate surface area is 175 Å². The number of hydrogen-bond acceptors (Lipinski definition) is 7. The molecule has 30 heavy (non-hydrogen) atoms. The molecule has 0 aromatic heterocycles. The van der Waals surface area contributed by atoms with Crippen LogP contribution in [0.3, 0.4) is 0 Å². The first kappa shape index (κ1) is 23.1. The molecule has 2 N–H and O–H groups in total. The number of hydrogen-bond donors (Lipinski definition) is 2. The van der Waals surface area contributed by atoms with E-state index >= 15 is 0 Å². The highest BCUT2D eigenvalue weighted by Crippen LogP contribution is 2.29. The molecule has 0 bridgehead atoms. The van der Waals surface area contributed by atoms with Gasteiger partial charge in [-0.1, -0.05) is 6.92 Å². The third-order valence-electron chi connectivity index (χ3n) is 4.15. The van der Waals surface area contributed by atoms with Crippen molar-refractivity contribution >= 4 is 18.0 Å². The summed E-state index contributed by atoms with van der Waals surface area (Å²) in [5, 5.41) is 5.10. The third kappa shape index (κ3) is 5.88. The summed E-state index contributed by atoms with van der Waals surface area (Å²) in [6.45, 7) is 7.99. The minimum atomic E-state index is -0.630. The molecule has 0 spiro atoms. The van der Waals surface area contributed by atoms with Crippen LogP contribution in [0, 0.1) is 0 Å². The normalized spacial score (nSPS) is 15.7. The summed E-state index contributed by atoms with van der Waals surface area (Å²) in [6, 6.07) is 3.69. The molecule has 0 saturated carbocycles. The highest BCUT2D eigenvalue weighted by atomic mass is 16.5. The van der Waals surface area contributed by atoms with E-state index in [1.807, 2.05) is 13.8 Å². The first-order chi connectivity index (χ1) is 14.4. The van der Waals surface area contributed by atoms with Gasteiger partial charge in [0.05, 0.1) is 42.7 Å². The molecular formula is C21H28N2O7. The van der Waals surface area contributed by atoms with Crippen molar-refractivity contribution in [3.63, 3.8) is 0 Å². The molecule has 0 unspecified atom stereocenters. The second kappa shape index (κ2) is 11.1. The molecule has 1 aliphatic heterocycles. The van der Waals surface area contributed by atoms with Crippen molar-refractivity contribution in [1.29, 1.82) is 0 Å². The van der Waals surface area contributed by atoms with Crippen LogP contribution in [0.4, 0.5) is 4.79 Å². The lowest BCUT2D eigenvalue weighted by Crippen LogP contribution is -2.50. The van der Waals surface area contributed by atoms with Crippen LogP contribution in [0.1, 0.15) is 44.5 Å². The van der Waals surface area contributed by atoms with Gasteiger partial charge in [0.25, 0.3) is 0 Å². The highest BCUT2D eigenvalue weighted by Gasteiger charge is 2.30. The average molecular weight is 420 g/mol. The molecule has 2 rings (SSSR count). The largest absolute Gasteiger partial charge is 0.490 e. The van der Waals surface area contributed by atoms with E-state index in [-0.39, 0.29) is 30.0 Å². The van der Waals surface area contributed by atoms with Crippen molar-refractivity contribution in [2.75, 3.05) is 26.4 Å². The van der Waals surface area contributed by atoms with Crippen LogP contribution in [0.25, 0.3) is 0 Å². The second-order valence-electron chi connectivity index (χ2n) is 6.45. The molecule has 2 amide bonds. The summed E-state index contributed by atoms with van der Waals surface area (Å²) in [5.41, 5.74) is 0.655. The van der Waals surface area contributed by atoms with E-state index in [1.54, 1.807) is 32.0 Å². The Kier molecular flexibility index (Phi) is 8.52. The van der Waals surface area contributed by atoms with Gasteiger partial charge in [-0.2, -0.15) is 0 Å². The smallest absolute Gasteiger partial charge is 0.338 e. The predicted octanol–water partition coefficient (Wildman–Crippen LogP) is 2.55. The number of benzene rings is 1. The summed E-state index contributed by atoms with van der Waals surface area (Å²) in [4.78, 5) is 36.6. The number of ether oxygens (including phenoxy) is 4. The zero-order chi connectivity index (χ0) is 22.1. The van der Waals surface area contributed by atoms with Crippen LogP contribution in [0.15, 0.2) is 29.5 Å². The number of esters is 2. The fourth-order valence-corrected chi connectivity index (χ4v) is 2.85. The molecule has 1 atom stereocenters. The topological polar surface area (TPSA) is 112 Å². The van der Waals surface area contributed by atoms with E-state index in [9.17, 15) is 14.4 Å². The van der Waals surface area contributed by atoms with E-state index in [0.29, 0.717) is 24.7 Å². The van der Waals surface area contributed by atoms with E-state index in [0.717, 1.165) is 6.42 Å². The number of rotatable bonds is 10. The fraction of sp³-hybridized carbons (Fsp3) is 0.476. The fourth-order valence-electron chi connectivity index (χ4n) is 2.85. The summed E-state index contributed by atoms with van der Waals surface area (Å²) in [6.07, 6.45) is 0.840. The maximum absolute atomic E-state index is 12.5. The van der Waals surface area contributed by atoms with E-state index in [1.165, 1.54) is 0 Å². The van der Waals surface area contributed by atoms with Crippen LogP contribution in [0.2, 0.25) is 0 Å². The van der Waals surface area contributed by atoms with Crippen LogP contribution >= 0.6 is 0 Å². The zero-order valence-corrected chi connectivity index (χ0v) is 17.7. The first-order valence-electron chi connectivity index (χ1n) is 9.95. The van der Waals surface area contributed by atoms with Crippen molar-refractivity contribution < 1.29 is 33.3 Å². The molecule has 1 heterocycles. The molecule has 164 valence electrons. The Morgan fingerprint density at radius 3 is 2.43 bits per heavy atom. The Hall–Kier alpha value is -3.23. The Balaban J connectivity index is 2.18. The van der Waals surface area contributed by atoms with Crippen molar-refractivity contribution in [2.45, 2.75) is 40.2 Å². The molecule has 0 radical (unpaired) electrons. The van der Waals surface area contributed by atoms with Crippen LogP contribution in [-0.4, -0.2) is 50.4 Å². The Morgan fingerprint density at radius 2 is 1.77 bits per heavy atom. The summed E-state index contributed by atoms with van der Waals surface area (Å²) >= 11 is 0. The molecule has 9 nitrogen and oxygen atoms in total. The summed E-state index contributed by atoms with van der Waals surface area (Å²) in [7, 11) is 0. The lowest BCUT2D eigenvalue weighted by molar-refractivity contribution is -0.139. The van der Waals surface area contributed by atoms with Gasteiger partial charge in [-0.15, -0.1) is 0 Å². The maximum Gasteiger partial charge on any atom is 0.338 e. The van der Waals surface area contributed by atoms with Crippen molar-refractivity contribution in [2.24, 2.45) is 0 Å². The van der Waals surface area contributed by atoms with E-state index < -0.39 is 24.0 Å². The molecule has 0 saturated heterocycles. The van der Waals surface area contributed by atoms with Gasteiger partial charge in [-0.05, 0) is 45.4 Å². The monoisotopic (exact) mass is 420 g/mol. The highest BCUT2D eigenvalue weighted by molar-refractivity contribution is 5.95. The lowest BCUT2D eigenvalue weighted by atomic mass is 10.0. The van der Waals surface area contributed by atoms with Gasteiger partial charge in [0.15, 0.2) is 11.5 Å². The number of urea groups is 1. The van der Waals surface area contributed by atoms with E-state index in [4.69, 9.17) is 18.9 Å². The van der Waals surface area contributed by atoms with Crippen LogP contribution in [-0.2, 0) is 14.3 Å². The Morgan fingerprint density at radius 1 is 1.00 bits per heavy atom. The quantitative estimate of drug-likeness (QED) is 0.560. The van der Waals surface area contributed by atoms with Crippen LogP contribution < -0.4 is 20.1 Å². The molecule has 0 aliphatic carbocycles. The summed E-state index contributed by atoms with van der Waals surface area (Å²) < 4.78 is 21.6. The number of nitrogens with one attached hydrogen (secondary N) is 2. The minimum absolute atomic E-state index is 0.183. The second-order valence-corrected chi connectivity index (χ2v) is 6.45. The zero-order valence-electron chi connectivity index (χ0n) is 17.7. The molecule has 1 aliphatic rings. The number of amides is 2. The van der Waals surface area contributed by atoms with Crippen molar-refractivity contribution in [3.8, 4) is 11.5 Å². The average Bonchev–Trinajstić information content (AvgIpc) is 2.70. The summed E-state index contributed by atoms with van der Waals surface area (Å²) in [5.74, 6) is -0.230. The van der Waals surface area contributed by atoms with Crippen molar-refractivity contribution in [1.82, 2.24) is 10.6 Å². The van der Waals surface area contributed by atoms with Gasteiger partial charge < -0.3 is 29.6 Å². The van der Waals surface area contributed by atoms with Gasteiger partial charge >= 0.3 is 18.0 Å². The third-order valence-corrected chi connectivity index (χ3v) is 4.15. The molecule has 1 aromatic carbocycles. The van der Waals surface area contributed by atoms with E-state index in [2.05, 4.69) is 10.6 Å². The van der Waals surface area contributed by atoms with Gasteiger partial charge in [-0.3, -0.25) is 0 Å². The van der Waals surface area contributed by atoms with Gasteiger partial charge in [-0.25, -0.2) is 14.4 Å². The molecular weight excluding hydrogens is 392 g/mol. The number of carbonyl (C=O) groups excluding carboxylic acids is 3. The van der Waals surface area contributed by atoms with Gasteiger partial charge in [0.1, 0.15) is 6.61 Å². The Bertz CT molecular complexity index is 820. The number of carbonyl (C=O) groups is 3. The van der Waals surface area contributed by atoms with Crippen molar-refractivity contribution in [3.05, 3.63) is 35.0 Å². The van der Waals surface area contributed by atoms with Gasteiger partial charge in [0.2, 0.25) is 0 Å². The first-order valence-corrected chi connectivity index (χ1v) is 9.95. The minimum Gasteiger partial charge on any atom is -0.490 e. The molecule has 9 heteroatoms. The predicted molar refractivity (Wildman–Crippen MR) is 108 cm³/mol. The molecule has 0 fully saturated rings.